The Bertz CT molecular complexity index is 573. The highest BCUT2D eigenvalue weighted by Gasteiger charge is 2.17. The van der Waals surface area contributed by atoms with Crippen LogP contribution in [0.4, 0.5) is 0 Å². The molecule has 0 aromatic carbocycles. The molecule has 154 valence electrons. The topological polar surface area (TPSA) is 67.1 Å². The van der Waals surface area contributed by atoms with Gasteiger partial charge in [0.05, 0.1) is 0 Å². The Hall–Kier alpha value is -0.860. The second kappa shape index (κ2) is 11.9. The van der Waals surface area contributed by atoms with Gasteiger partial charge in [0.25, 0.3) is 0 Å². The molecule has 0 bridgehead atoms. The molecule has 0 spiro atoms. The molecule has 3 rings (SSSR count). The Balaban J connectivity index is 0.00000261. The van der Waals surface area contributed by atoms with E-state index in [0.29, 0.717) is 12.6 Å². The fourth-order valence-corrected chi connectivity index (χ4v) is 4.22. The van der Waals surface area contributed by atoms with Crippen LogP contribution in [0, 0.1) is 12.8 Å². The molecule has 0 unspecified atom stereocenters. The van der Waals surface area contributed by atoms with Crippen LogP contribution in [0.5, 0.6) is 0 Å². The molecule has 1 heterocycles. The molecule has 2 saturated carbocycles. The van der Waals surface area contributed by atoms with Crippen molar-refractivity contribution in [3.8, 4) is 0 Å². The van der Waals surface area contributed by atoms with Gasteiger partial charge in [0, 0.05) is 19.6 Å². The van der Waals surface area contributed by atoms with Crippen LogP contribution in [-0.2, 0) is 13.6 Å². The van der Waals surface area contributed by atoms with Gasteiger partial charge in [0.15, 0.2) is 11.8 Å². The van der Waals surface area contributed by atoms with Crippen LogP contribution >= 0.6 is 24.0 Å². The quantitative estimate of drug-likeness (QED) is 0.251. The summed E-state index contributed by atoms with van der Waals surface area (Å²) in [4.78, 5) is 4.78. The fraction of sp³-hybridized carbons (Fsp3) is 0.850. The SMILES string of the molecule is Cc1nnc(CN=C(NCCCCC2CCCC2)NC2CCCC2)n1C.I. The zero-order valence-corrected chi connectivity index (χ0v) is 19.4. The van der Waals surface area contributed by atoms with Crippen LogP contribution in [0.15, 0.2) is 4.99 Å². The molecule has 2 aliphatic carbocycles. The molecule has 2 fully saturated rings. The molecule has 0 saturated heterocycles. The lowest BCUT2D eigenvalue weighted by atomic mass is 10.0. The van der Waals surface area contributed by atoms with E-state index in [-0.39, 0.29) is 24.0 Å². The molecule has 0 aliphatic heterocycles. The number of unbranched alkanes of at least 4 members (excludes halogenated alkanes) is 1. The van der Waals surface area contributed by atoms with Crippen molar-refractivity contribution in [2.24, 2.45) is 18.0 Å². The summed E-state index contributed by atoms with van der Waals surface area (Å²) in [5, 5.41) is 15.5. The van der Waals surface area contributed by atoms with E-state index in [1.807, 2.05) is 18.5 Å². The first-order chi connectivity index (χ1) is 12.7. The van der Waals surface area contributed by atoms with Gasteiger partial charge in [-0.1, -0.05) is 51.4 Å². The summed E-state index contributed by atoms with van der Waals surface area (Å²) in [7, 11) is 2.00. The van der Waals surface area contributed by atoms with Gasteiger partial charge in [-0.25, -0.2) is 4.99 Å². The largest absolute Gasteiger partial charge is 0.356 e. The summed E-state index contributed by atoms with van der Waals surface area (Å²) in [6.07, 6.45) is 14.9. The molecular weight excluding hydrogens is 451 g/mol. The highest BCUT2D eigenvalue weighted by atomic mass is 127. The minimum atomic E-state index is 0. The number of guanidine groups is 1. The predicted molar refractivity (Wildman–Crippen MR) is 121 cm³/mol. The van der Waals surface area contributed by atoms with Crippen LogP contribution in [0.2, 0.25) is 0 Å². The van der Waals surface area contributed by atoms with Crippen LogP contribution in [0.25, 0.3) is 0 Å². The summed E-state index contributed by atoms with van der Waals surface area (Å²) >= 11 is 0. The van der Waals surface area contributed by atoms with Crippen molar-refractivity contribution in [1.29, 1.82) is 0 Å². The smallest absolute Gasteiger partial charge is 0.191 e. The van der Waals surface area contributed by atoms with Gasteiger partial charge < -0.3 is 15.2 Å². The Kier molecular flexibility index (Phi) is 9.86. The first-order valence-corrected chi connectivity index (χ1v) is 10.6. The monoisotopic (exact) mass is 488 g/mol. The van der Waals surface area contributed by atoms with Gasteiger partial charge in [-0.3, -0.25) is 0 Å². The normalized spacial score (nSPS) is 18.7. The Morgan fingerprint density at radius 1 is 1.07 bits per heavy atom. The van der Waals surface area contributed by atoms with Crippen molar-refractivity contribution in [1.82, 2.24) is 25.4 Å². The predicted octanol–water partition coefficient (Wildman–Crippen LogP) is 4.08. The van der Waals surface area contributed by atoms with E-state index in [1.165, 1.54) is 70.6 Å². The fourth-order valence-electron chi connectivity index (χ4n) is 4.22. The molecule has 1 aromatic heterocycles. The summed E-state index contributed by atoms with van der Waals surface area (Å²) < 4.78 is 2.01. The van der Waals surface area contributed by atoms with Crippen molar-refractivity contribution in [2.45, 2.75) is 90.1 Å². The van der Waals surface area contributed by atoms with E-state index < -0.39 is 0 Å². The number of rotatable bonds is 8. The Morgan fingerprint density at radius 2 is 1.78 bits per heavy atom. The maximum Gasteiger partial charge on any atom is 0.191 e. The number of hydrogen-bond donors (Lipinski definition) is 2. The third-order valence-electron chi connectivity index (χ3n) is 6.06. The molecule has 1 aromatic rings. The molecule has 0 atom stereocenters. The summed E-state index contributed by atoms with van der Waals surface area (Å²) in [6, 6.07) is 0.570. The third kappa shape index (κ3) is 7.23. The lowest BCUT2D eigenvalue weighted by Gasteiger charge is -2.17. The number of halogens is 1. The summed E-state index contributed by atoms with van der Waals surface area (Å²) in [5.41, 5.74) is 0. The lowest BCUT2D eigenvalue weighted by Crippen LogP contribution is -2.42. The second-order valence-corrected chi connectivity index (χ2v) is 8.09. The molecule has 0 radical (unpaired) electrons. The van der Waals surface area contributed by atoms with Gasteiger partial charge in [-0.2, -0.15) is 0 Å². The van der Waals surface area contributed by atoms with Crippen LogP contribution in [-0.4, -0.2) is 33.3 Å². The molecule has 2 aliphatic rings. The molecule has 0 amide bonds. The Morgan fingerprint density at radius 3 is 2.44 bits per heavy atom. The zero-order chi connectivity index (χ0) is 18.2. The van der Waals surface area contributed by atoms with E-state index in [1.54, 1.807) is 0 Å². The highest BCUT2D eigenvalue weighted by molar-refractivity contribution is 14.0. The minimum Gasteiger partial charge on any atom is -0.356 e. The van der Waals surface area contributed by atoms with Crippen molar-refractivity contribution in [2.75, 3.05) is 6.54 Å². The van der Waals surface area contributed by atoms with E-state index >= 15 is 0 Å². The molecule has 2 N–H and O–H groups in total. The number of aliphatic imine (C=N–C) groups is 1. The van der Waals surface area contributed by atoms with Gasteiger partial charge in [0.2, 0.25) is 0 Å². The molecule has 7 heteroatoms. The van der Waals surface area contributed by atoms with E-state index in [9.17, 15) is 0 Å². The van der Waals surface area contributed by atoms with Crippen molar-refractivity contribution < 1.29 is 0 Å². The number of nitrogens with zero attached hydrogens (tertiary/aromatic N) is 4. The van der Waals surface area contributed by atoms with Gasteiger partial charge in [-0.05, 0) is 32.1 Å². The maximum atomic E-state index is 4.78. The minimum absolute atomic E-state index is 0. The molecular formula is C20H37IN6. The number of aryl methyl sites for hydroxylation is 1. The van der Waals surface area contributed by atoms with Gasteiger partial charge in [0.1, 0.15) is 12.4 Å². The highest BCUT2D eigenvalue weighted by Crippen LogP contribution is 2.28. The van der Waals surface area contributed by atoms with E-state index in [0.717, 1.165) is 30.1 Å². The first kappa shape index (κ1) is 22.4. The van der Waals surface area contributed by atoms with Crippen LogP contribution < -0.4 is 10.6 Å². The summed E-state index contributed by atoms with van der Waals surface area (Å²) in [5.74, 6) is 3.79. The van der Waals surface area contributed by atoms with Gasteiger partial charge >= 0.3 is 0 Å². The maximum absolute atomic E-state index is 4.78. The lowest BCUT2D eigenvalue weighted by molar-refractivity contribution is 0.472. The number of aromatic nitrogens is 3. The number of nitrogens with one attached hydrogen (secondary N) is 2. The van der Waals surface area contributed by atoms with E-state index in [2.05, 4.69) is 20.8 Å². The average molecular weight is 488 g/mol. The summed E-state index contributed by atoms with van der Waals surface area (Å²) in [6.45, 7) is 3.55. The second-order valence-electron chi connectivity index (χ2n) is 8.09. The van der Waals surface area contributed by atoms with Crippen molar-refractivity contribution in [3.05, 3.63) is 11.6 Å². The van der Waals surface area contributed by atoms with Crippen molar-refractivity contribution >= 4 is 29.9 Å². The number of hydrogen-bond acceptors (Lipinski definition) is 3. The van der Waals surface area contributed by atoms with Crippen LogP contribution in [0.1, 0.15) is 82.3 Å². The molecule has 6 nitrogen and oxygen atoms in total. The van der Waals surface area contributed by atoms with Crippen molar-refractivity contribution in [3.63, 3.8) is 0 Å². The first-order valence-electron chi connectivity index (χ1n) is 10.6. The Labute approximate surface area is 181 Å². The van der Waals surface area contributed by atoms with Gasteiger partial charge in [-0.15, -0.1) is 34.2 Å². The average Bonchev–Trinajstić information content (AvgIpc) is 3.38. The zero-order valence-electron chi connectivity index (χ0n) is 17.0. The third-order valence-corrected chi connectivity index (χ3v) is 6.06. The molecule has 27 heavy (non-hydrogen) atoms. The van der Waals surface area contributed by atoms with E-state index in [4.69, 9.17) is 4.99 Å². The van der Waals surface area contributed by atoms with Crippen LogP contribution in [0.3, 0.4) is 0 Å². The standard InChI is InChI=1S/C20H36N6.HI/c1-16-24-25-19(26(16)2)15-22-20(23-18-12-5-6-13-18)21-14-8-7-11-17-9-3-4-10-17;/h17-18H,3-15H2,1-2H3,(H2,21,22,23);1H.